The SMILES string of the molecule is CC[C@H](C)N(CC(=O)N(Cc1ccco1)Cc1cccn1C)C(=O)CCC1CCCC1. The number of carbonyl (C=O) groups excluding carboxylic acids is 2. The number of hydrogen-bond donors (Lipinski definition) is 0. The molecule has 0 unspecified atom stereocenters. The highest BCUT2D eigenvalue weighted by Gasteiger charge is 2.26. The molecular formula is C25H37N3O3. The first-order valence-corrected chi connectivity index (χ1v) is 11.7. The van der Waals surface area contributed by atoms with Crippen molar-refractivity contribution in [1.29, 1.82) is 0 Å². The van der Waals surface area contributed by atoms with Crippen molar-refractivity contribution in [2.24, 2.45) is 13.0 Å². The molecule has 1 aliphatic carbocycles. The van der Waals surface area contributed by atoms with Crippen molar-refractivity contribution in [2.45, 2.75) is 77.9 Å². The van der Waals surface area contributed by atoms with Crippen molar-refractivity contribution >= 4 is 11.8 Å². The first kappa shape index (κ1) is 23.2. The lowest BCUT2D eigenvalue weighted by molar-refractivity contribution is -0.143. The Kier molecular flexibility index (Phi) is 8.38. The van der Waals surface area contributed by atoms with Gasteiger partial charge in [-0.2, -0.15) is 0 Å². The van der Waals surface area contributed by atoms with Gasteiger partial charge in [-0.05, 0) is 49.9 Å². The maximum Gasteiger partial charge on any atom is 0.242 e. The van der Waals surface area contributed by atoms with Crippen LogP contribution < -0.4 is 0 Å². The Morgan fingerprint density at radius 1 is 1.16 bits per heavy atom. The summed E-state index contributed by atoms with van der Waals surface area (Å²) < 4.78 is 7.51. The molecule has 0 N–H and O–H groups in total. The van der Waals surface area contributed by atoms with E-state index in [2.05, 4.69) is 6.92 Å². The van der Waals surface area contributed by atoms with E-state index in [1.165, 1.54) is 25.7 Å². The number of carbonyl (C=O) groups is 2. The van der Waals surface area contributed by atoms with Crippen LogP contribution in [-0.2, 0) is 29.7 Å². The summed E-state index contributed by atoms with van der Waals surface area (Å²) in [6.07, 6.45) is 11.0. The summed E-state index contributed by atoms with van der Waals surface area (Å²) in [6, 6.07) is 7.74. The van der Waals surface area contributed by atoms with Crippen LogP contribution in [0.5, 0.6) is 0 Å². The molecule has 0 bridgehead atoms. The molecule has 6 heteroatoms. The minimum Gasteiger partial charge on any atom is -0.467 e. The molecule has 2 heterocycles. The van der Waals surface area contributed by atoms with Gasteiger partial charge in [-0.15, -0.1) is 0 Å². The zero-order chi connectivity index (χ0) is 22.2. The van der Waals surface area contributed by atoms with Gasteiger partial charge in [0.25, 0.3) is 0 Å². The summed E-state index contributed by atoms with van der Waals surface area (Å²) in [5.41, 5.74) is 1.04. The van der Waals surface area contributed by atoms with Crippen LogP contribution in [0.2, 0.25) is 0 Å². The van der Waals surface area contributed by atoms with Gasteiger partial charge in [0.15, 0.2) is 0 Å². The molecule has 1 saturated carbocycles. The van der Waals surface area contributed by atoms with E-state index in [0.717, 1.165) is 24.3 Å². The van der Waals surface area contributed by atoms with Crippen LogP contribution >= 0.6 is 0 Å². The predicted octanol–water partition coefficient (Wildman–Crippen LogP) is 4.74. The van der Waals surface area contributed by atoms with E-state index in [1.54, 1.807) is 16.1 Å². The molecule has 0 radical (unpaired) electrons. The molecule has 31 heavy (non-hydrogen) atoms. The third-order valence-corrected chi connectivity index (χ3v) is 6.67. The molecule has 1 fully saturated rings. The quantitative estimate of drug-likeness (QED) is 0.520. The van der Waals surface area contributed by atoms with Gasteiger partial charge >= 0.3 is 0 Å². The molecule has 0 aromatic carbocycles. The van der Waals surface area contributed by atoms with Gasteiger partial charge < -0.3 is 18.8 Å². The van der Waals surface area contributed by atoms with Gasteiger partial charge in [-0.1, -0.05) is 32.6 Å². The first-order chi connectivity index (χ1) is 15.0. The van der Waals surface area contributed by atoms with Crippen LogP contribution in [0.1, 0.15) is 70.2 Å². The second-order valence-electron chi connectivity index (χ2n) is 8.91. The maximum absolute atomic E-state index is 13.4. The fraction of sp³-hybridized carbons (Fsp3) is 0.600. The molecule has 1 aliphatic rings. The summed E-state index contributed by atoms with van der Waals surface area (Å²) in [4.78, 5) is 30.0. The average Bonchev–Trinajstić information content (AvgIpc) is 3.53. The fourth-order valence-electron chi connectivity index (χ4n) is 4.41. The Morgan fingerprint density at radius 3 is 2.55 bits per heavy atom. The molecule has 1 atom stereocenters. The lowest BCUT2D eigenvalue weighted by atomic mass is 10.0. The van der Waals surface area contributed by atoms with Crippen LogP contribution in [0, 0.1) is 5.92 Å². The van der Waals surface area contributed by atoms with Crippen molar-refractivity contribution < 1.29 is 14.0 Å². The number of furan rings is 1. The zero-order valence-electron chi connectivity index (χ0n) is 19.3. The number of rotatable bonds is 11. The molecule has 170 valence electrons. The van der Waals surface area contributed by atoms with Crippen LogP contribution in [-0.4, -0.2) is 38.8 Å². The van der Waals surface area contributed by atoms with E-state index >= 15 is 0 Å². The Morgan fingerprint density at radius 2 is 1.94 bits per heavy atom. The number of aromatic nitrogens is 1. The van der Waals surface area contributed by atoms with E-state index in [4.69, 9.17) is 4.42 Å². The Hall–Kier alpha value is -2.50. The molecule has 6 nitrogen and oxygen atoms in total. The molecular weight excluding hydrogens is 390 g/mol. The first-order valence-electron chi connectivity index (χ1n) is 11.7. The number of nitrogens with zero attached hydrogens (tertiary/aromatic N) is 3. The van der Waals surface area contributed by atoms with E-state index in [0.29, 0.717) is 25.4 Å². The van der Waals surface area contributed by atoms with Gasteiger partial charge in [0.05, 0.1) is 19.4 Å². The largest absolute Gasteiger partial charge is 0.467 e. The molecule has 2 aromatic rings. The highest BCUT2D eigenvalue weighted by Crippen LogP contribution is 2.29. The number of aryl methyl sites for hydroxylation is 1. The average molecular weight is 428 g/mol. The van der Waals surface area contributed by atoms with Gasteiger partial charge in [-0.3, -0.25) is 9.59 Å². The molecule has 0 aliphatic heterocycles. The maximum atomic E-state index is 13.4. The lowest BCUT2D eigenvalue weighted by Crippen LogP contribution is -2.46. The fourth-order valence-corrected chi connectivity index (χ4v) is 4.41. The van der Waals surface area contributed by atoms with Crippen molar-refractivity contribution in [1.82, 2.24) is 14.4 Å². The van der Waals surface area contributed by atoms with Gasteiger partial charge in [-0.25, -0.2) is 0 Å². The standard InChI is InChI=1S/C25H37N3O3/c1-4-20(2)28(24(29)14-13-21-9-5-6-10-21)19-25(30)27(18-23-12-8-16-31-23)17-22-11-7-15-26(22)3/h7-8,11-12,15-16,20-21H,4-6,9-10,13-14,17-19H2,1-3H3/t20-/m0/s1. The van der Waals surface area contributed by atoms with Crippen LogP contribution in [0.25, 0.3) is 0 Å². The Balaban J connectivity index is 1.68. The zero-order valence-corrected chi connectivity index (χ0v) is 19.3. The second-order valence-corrected chi connectivity index (χ2v) is 8.91. The summed E-state index contributed by atoms with van der Waals surface area (Å²) in [7, 11) is 1.98. The summed E-state index contributed by atoms with van der Waals surface area (Å²) in [6.45, 7) is 5.09. The Bertz CT molecular complexity index is 821. The second kappa shape index (κ2) is 11.2. The Labute approximate surface area is 186 Å². The van der Waals surface area contributed by atoms with Crippen molar-refractivity contribution in [2.75, 3.05) is 6.54 Å². The normalized spacial score (nSPS) is 15.2. The number of amides is 2. The molecule has 2 amide bonds. The third kappa shape index (κ3) is 6.49. The highest BCUT2D eigenvalue weighted by atomic mass is 16.3. The van der Waals surface area contributed by atoms with E-state index in [1.807, 2.05) is 49.0 Å². The lowest BCUT2D eigenvalue weighted by Gasteiger charge is -2.31. The monoisotopic (exact) mass is 427 g/mol. The van der Waals surface area contributed by atoms with Crippen molar-refractivity contribution in [3.05, 3.63) is 48.2 Å². The molecule has 0 spiro atoms. The van der Waals surface area contributed by atoms with Crippen LogP contribution in [0.15, 0.2) is 41.1 Å². The minimum absolute atomic E-state index is 0.0422. The van der Waals surface area contributed by atoms with Gasteiger partial charge in [0.1, 0.15) is 12.3 Å². The predicted molar refractivity (Wildman–Crippen MR) is 121 cm³/mol. The van der Waals surface area contributed by atoms with Gasteiger partial charge in [0, 0.05) is 31.4 Å². The van der Waals surface area contributed by atoms with Crippen LogP contribution in [0.4, 0.5) is 0 Å². The third-order valence-electron chi connectivity index (χ3n) is 6.67. The van der Waals surface area contributed by atoms with Crippen molar-refractivity contribution in [3.63, 3.8) is 0 Å². The summed E-state index contributed by atoms with van der Waals surface area (Å²) >= 11 is 0. The summed E-state index contributed by atoms with van der Waals surface area (Å²) in [5.74, 6) is 1.47. The molecule has 2 aromatic heterocycles. The van der Waals surface area contributed by atoms with E-state index in [9.17, 15) is 9.59 Å². The van der Waals surface area contributed by atoms with E-state index < -0.39 is 0 Å². The molecule has 0 saturated heterocycles. The number of hydrogen-bond acceptors (Lipinski definition) is 3. The van der Waals surface area contributed by atoms with Crippen molar-refractivity contribution in [3.8, 4) is 0 Å². The summed E-state index contributed by atoms with van der Waals surface area (Å²) in [5, 5.41) is 0. The minimum atomic E-state index is -0.0490. The smallest absolute Gasteiger partial charge is 0.242 e. The highest BCUT2D eigenvalue weighted by molar-refractivity contribution is 5.85. The molecule has 3 rings (SSSR count). The topological polar surface area (TPSA) is 58.7 Å². The van der Waals surface area contributed by atoms with Crippen LogP contribution in [0.3, 0.4) is 0 Å². The van der Waals surface area contributed by atoms with E-state index in [-0.39, 0.29) is 24.4 Å². The van der Waals surface area contributed by atoms with Gasteiger partial charge in [0.2, 0.25) is 11.8 Å².